The van der Waals surface area contributed by atoms with Crippen LogP contribution in [0.25, 0.3) is 0 Å². The van der Waals surface area contributed by atoms with Crippen LogP contribution in [0, 0.1) is 0 Å². The van der Waals surface area contributed by atoms with E-state index in [1.54, 1.807) is 12.5 Å². The average molecular weight is 216 g/mol. The average Bonchev–Trinajstić information content (AvgIpc) is 2.54. The fraction of sp³-hybridized carbons (Fsp3) is 0.500. The predicted octanol–water partition coefficient (Wildman–Crippen LogP) is 0.896. The predicted molar refractivity (Wildman–Crippen MR) is 54.2 cm³/mol. The van der Waals surface area contributed by atoms with Gasteiger partial charge >= 0.3 is 5.82 Å². The largest absolute Gasteiger partial charge is 0.542 e. The first-order chi connectivity index (χ1) is 6.52. The molecule has 0 aliphatic rings. The molecule has 0 bridgehead atoms. The zero-order valence-corrected chi connectivity index (χ0v) is 9.09. The quantitative estimate of drug-likeness (QED) is 0.735. The molecule has 0 saturated heterocycles. The van der Waals surface area contributed by atoms with Crippen molar-refractivity contribution in [3.05, 3.63) is 27.6 Å². The van der Waals surface area contributed by atoms with Gasteiger partial charge < -0.3 is 9.73 Å². The molecule has 1 aromatic heterocycles. The molecule has 0 spiro atoms. The summed E-state index contributed by atoms with van der Waals surface area (Å²) in [5.74, 6) is -0.583. The molecule has 1 heterocycles. The molecular formula is C8H12N2O3S. The molecule has 0 amide bonds. The fourth-order valence-corrected chi connectivity index (χ4v) is 1.54. The third-order valence-electron chi connectivity index (χ3n) is 1.99. The molecule has 0 unspecified atom stereocenters. The minimum absolute atomic E-state index is 0.220. The molecule has 1 N–H and O–H groups in total. The molecule has 0 aliphatic carbocycles. The lowest BCUT2D eigenvalue weighted by molar-refractivity contribution is 0.331. The van der Waals surface area contributed by atoms with Crippen molar-refractivity contribution in [2.45, 2.75) is 19.3 Å². The summed E-state index contributed by atoms with van der Waals surface area (Å²) in [5, 5.41) is 8.07. The number of nitrogens with zero attached hydrogens (tertiary/aromatic N) is 1. The van der Waals surface area contributed by atoms with Crippen molar-refractivity contribution >= 4 is 12.6 Å². The number of hydrogen-bond donors (Lipinski definition) is 2. The van der Waals surface area contributed by atoms with Gasteiger partial charge in [-0.1, -0.05) is 0 Å². The molecule has 1 aromatic rings. The second-order valence-electron chi connectivity index (χ2n) is 3.26. The maximum atomic E-state index is 10.7. The maximum Gasteiger partial charge on any atom is 0.542 e. The molecule has 0 fully saturated rings. The summed E-state index contributed by atoms with van der Waals surface area (Å²) in [7, 11) is 1.75. The Morgan fingerprint density at radius 3 is 2.64 bits per heavy atom. The molecule has 0 radical (unpaired) electrons. The van der Waals surface area contributed by atoms with E-state index in [2.05, 4.69) is 27.6 Å². The van der Waals surface area contributed by atoms with E-state index in [9.17, 15) is 4.79 Å². The molecule has 6 heteroatoms. The number of aromatic nitrogens is 1. The summed E-state index contributed by atoms with van der Waals surface area (Å²) in [4.78, 5) is 10.7. The van der Waals surface area contributed by atoms with Crippen molar-refractivity contribution in [2.75, 3.05) is 7.05 Å². The van der Waals surface area contributed by atoms with Gasteiger partial charge in [0.1, 0.15) is 0 Å². The fourth-order valence-electron chi connectivity index (χ4n) is 1.09. The van der Waals surface area contributed by atoms with Crippen molar-refractivity contribution in [1.29, 1.82) is 0 Å². The minimum Gasteiger partial charge on any atom is -0.390 e. The van der Waals surface area contributed by atoms with Crippen molar-refractivity contribution in [3.63, 3.8) is 0 Å². The van der Waals surface area contributed by atoms with Gasteiger partial charge in [-0.15, -0.1) is 12.6 Å². The molecule has 0 atom stereocenters. The second kappa shape index (κ2) is 3.91. The van der Waals surface area contributed by atoms with Crippen molar-refractivity contribution < 1.29 is 8.94 Å². The summed E-state index contributed by atoms with van der Waals surface area (Å²) in [6.07, 6.45) is 0. The van der Waals surface area contributed by atoms with Crippen LogP contribution in [-0.2, 0) is 5.41 Å². The van der Waals surface area contributed by atoms with Gasteiger partial charge in [0, 0.05) is 12.7 Å². The van der Waals surface area contributed by atoms with Crippen molar-refractivity contribution in [2.24, 2.45) is 0 Å². The topological polar surface area (TPSA) is 68.3 Å². The second-order valence-corrected chi connectivity index (χ2v) is 3.52. The number of rotatable bonds is 3. The smallest absolute Gasteiger partial charge is 0.390 e. The van der Waals surface area contributed by atoms with E-state index < -0.39 is 11.2 Å². The standard InChI is InChI=1S/C8H12N2O3S/c1-8(2,5(4-14)9-3)6-10-13-7(11)12-6/h4,9,14H,1-3H3/b5-4-. The molecule has 5 nitrogen and oxygen atoms in total. The van der Waals surface area contributed by atoms with E-state index in [0.717, 1.165) is 5.70 Å². The Kier molecular flexibility index (Phi) is 3.05. The van der Waals surface area contributed by atoms with Gasteiger partial charge in [0.2, 0.25) is 0 Å². The summed E-state index contributed by atoms with van der Waals surface area (Å²) >= 11 is 4.04. The van der Waals surface area contributed by atoms with Crippen LogP contribution in [-0.4, -0.2) is 12.2 Å². The van der Waals surface area contributed by atoms with Crippen molar-refractivity contribution in [3.8, 4) is 0 Å². The Morgan fingerprint density at radius 2 is 2.29 bits per heavy atom. The monoisotopic (exact) mass is 216 g/mol. The van der Waals surface area contributed by atoms with Crippen LogP contribution in [0.4, 0.5) is 0 Å². The first kappa shape index (κ1) is 10.9. The summed E-state index contributed by atoms with van der Waals surface area (Å²) in [5.41, 5.74) is 0.209. The highest BCUT2D eigenvalue weighted by molar-refractivity contribution is 7.83. The number of likely N-dealkylation sites (N-methyl/N-ethyl adjacent to an activating group) is 1. The maximum absolute atomic E-state index is 10.7. The Bertz CT molecular complexity index is 391. The van der Waals surface area contributed by atoms with Gasteiger partial charge in [-0.25, -0.2) is 4.79 Å². The Morgan fingerprint density at radius 1 is 1.64 bits per heavy atom. The van der Waals surface area contributed by atoms with Gasteiger partial charge in [0.25, 0.3) is 5.89 Å². The Labute approximate surface area is 86.6 Å². The van der Waals surface area contributed by atoms with Gasteiger partial charge in [-0.05, 0) is 24.4 Å². The first-order valence-electron chi connectivity index (χ1n) is 4.02. The zero-order chi connectivity index (χ0) is 10.8. The van der Waals surface area contributed by atoms with Gasteiger partial charge in [0.05, 0.1) is 5.41 Å². The number of nitrogens with one attached hydrogen (secondary N) is 1. The van der Waals surface area contributed by atoms with E-state index >= 15 is 0 Å². The lowest BCUT2D eigenvalue weighted by atomic mass is 9.90. The normalized spacial score (nSPS) is 13.0. The Balaban J connectivity index is 3.12. The van der Waals surface area contributed by atoms with E-state index in [1.807, 2.05) is 13.8 Å². The lowest BCUT2D eigenvalue weighted by Crippen LogP contribution is -2.28. The molecule has 78 valence electrons. The molecule has 0 aliphatic heterocycles. The molecule has 1 rings (SSSR count). The highest BCUT2D eigenvalue weighted by atomic mass is 32.1. The van der Waals surface area contributed by atoms with Crippen molar-refractivity contribution in [1.82, 2.24) is 10.5 Å². The molecule has 14 heavy (non-hydrogen) atoms. The summed E-state index contributed by atoms with van der Waals surface area (Å²) < 4.78 is 9.12. The highest BCUT2D eigenvalue weighted by Crippen LogP contribution is 2.27. The van der Waals surface area contributed by atoms with Gasteiger partial charge in [0.15, 0.2) is 0 Å². The Hall–Kier alpha value is -1.17. The SMILES string of the molecule is CN/C(=C\S)C(C)(C)c1noc(=O)o1. The van der Waals surface area contributed by atoms with E-state index in [4.69, 9.17) is 4.42 Å². The van der Waals surface area contributed by atoms with Gasteiger partial charge in [-0.2, -0.15) is 0 Å². The zero-order valence-electron chi connectivity index (χ0n) is 8.20. The minimum atomic E-state index is -0.803. The van der Waals surface area contributed by atoms with Crippen LogP contribution in [0.2, 0.25) is 0 Å². The molecular weight excluding hydrogens is 204 g/mol. The van der Waals surface area contributed by atoms with Crippen LogP contribution in [0.1, 0.15) is 19.7 Å². The lowest BCUT2D eigenvalue weighted by Gasteiger charge is -2.22. The number of thiol groups is 1. The highest BCUT2D eigenvalue weighted by Gasteiger charge is 2.31. The molecule has 0 aromatic carbocycles. The third-order valence-corrected chi connectivity index (χ3v) is 2.25. The van der Waals surface area contributed by atoms with Crippen LogP contribution in [0.3, 0.4) is 0 Å². The summed E-state index contributed by atoms with van der Waals surface area (Å²) in [6, 6.07) is 0. The third kappa shape index (κ3) is 1.84. The van der Waals surface area contributed by atoms with Crippen LogP contribution >= 0.6 is 12.6 Å². The number of hydrogen-bond acceptors (Lipinski definition) is 6. The van der Waals surface area contributed by atoms with Crippen LogP contribution in [0.15, 0.2) is 24.8 Å². The van der Waals surface area contributed by atoms with Gasteiger partial charge in [-0.3, -0.25) is 4.52 Å². The van der Waals surface area contributed by atoms with E-state index in [0.29, 0.717) is 0 Å². The van der Waals surface area contributed by atoms with E-state index in [1.165, 1.54) is 0 Å². The summed E-state index contributed by atoms with van der Waals surface area (Å²) in [6.45, 7) is 3.68. The first-order valence-corrected chi connectivity index (χ1v) is 4.54. The van der Waals surface area contributed by atoms with Crippen LogP contribution in [0.5, 0.6) is 0 Å². The number of allylic oxidation sites excluding steroid dienone is 1. The van der Waals surface area contributed by atoms with Crippen LogP contribution < -0.4 is 11.1 Å². The molecule has 0 saturated carbocycles. The van der Waals surface area contributed by atoms with E-state index in [-0.39, 0.29) is 5.89 Å².